The number of esters is 1. The molecule has 8 nitrogen and oxygen atoms in total. The van der Waals surface area contributed by atoms with Gasteiger partial charge < -0.3 is 14.0 Å². The number of para-hydroxylation sites is 1. The van der Waals surface area contributed by atoms with Crippen molar-refractivity contribution in [1.29, 1.82) is 0 Å². The highest BCUT2D eigenvalue weighted by atomic mass is 32.2. The molecule has 41 heavy (non-hydrogen) atoms. The molecule has 0 N–H and O–H groups in total. The van der Waals surface area contributed by atoms with Crippen molar-refractivity contribution in [1.82, 2.24) is 9.63 Å². The van der Waals surface area contributed by atoms with Gasteiger partial charge in [-0.1, -0.05) is 36.4 Å². The molecule has 12 heteroatoms. The number of aryl methyl sites for hydroxylation is 1. The minimum absolute atomic E-state index is 0.0118. The topological polar surface area (TPSA) is 87.1 Å². The van der Waals surface area contributed by atoms with Crippen LogP contribution in [-0.4, -0.2) is 53.2 Å². The highest BCUT2D eigenvalue weighted by Gasteiger charge is 2.33. The predicted octanol–water partition coefficient (Wildman–Crippen LogP) is 6.30. The number of aromatic nitrogens is 1. The molecule has 1 heterocycles. The van der Waals surface area contributed by atoms with E-state index in [0.29, 0.717) is 28.4 Å². The van der Waals surface area contributed by atoms with Gasteiger partial charge in [-0.15, -0.1) is 5.06 Å². The number of hydrogen-bond donors (Lipinski definition) is 0. The molecule has 1 atom stereocenters. The van der Waals surface area contributed by atoms with Crippen LogP contribution in [0.25, 0.3) is 27.4 Å². The van der Waals surface area contributed by atoms with E-state index in [2.05, 4.69) is 4.28 Å². The molecule has 4 rings (SSSR count). The second-order valence-electron chi connectivity index (χ2n) is 9.24. The summed E-state index contributed by atoms with van der Waals surface area (Å²) in [5.41, 5.74) is -1.98. The molecule has 0 spiro atoms. The SMILES string of the molecule is COC(C)CCOC(=O)Cc1cn(-c2ccc(C)c3c(C(=O)N(C=O)OSC(F)(F)F)cccc23)c2ccccc12. The molecule has 0 saturated carbocycles. The molecule has 0 aliphatic carbocycles. The molecular weight excluding hydrogens is 561 g/mol. The zero-order chi connectivity index (χ0) is 29.7. The van der Waals surface area contributed by atoms with Crippen molar-refractivity contribution in [2.45, 2.75) is 38.3 Å². The number of nitrogens with zero attached hydrogens (tertiary/aromatic N) is 2. The second kappa shape index (κ2) is 12.8. The Balaban J connectivity index is 1.73. The van der Waals surface area contributed by atoms with Crippen LogP contribution in [0.4, 0.5) is 13.2 Å². The number of ether oxygens (including phenoxy) is 2. The molecule has 216 valence electrons. The summed E-state index contributed by atoms with van der Waals surface area (Å²) in [5.74, 6) is -1.44. The molecule has 2 amide bonds. The van der Waals surface area contributed by atoms with Gasteiger partial charge in [0, 0.05) is 30.5 Å². The van der Waals surface area contributed by atoms with Crippen LogP contribution >= 0.6 is 12.0 Å². The number of hydrogen-bond acceptors (Lipinski definition) is 7. The second-order valence-corrected chi connectivity index (χ2v) is 10.0. The lowest BCUT2D eigenvalue weighted by Gasteiger charge is -2.18. The number of alkyl halides is 3. The van der Waals surface area contributed by atoms with Gasteiger partial charge >= 0.3 is 11.5 Å². The number of carbonyl (C=O) groups excluding carboxylic acids is 3. The van der Waals surface area contributed by atoms with Crippen LogP contribution in [-0.2, 0) is 29.8 Å². The van der Waals surface area contributed by atoms with Gasteiger partial charge in [0.05, 0.1) is 35.9 Å². The summed E-state index contributed by atoms with van der Waals surface area (Å²) in [4.78, 5) is 37.2. The first-order valence-electron chi connectivity index (χ1n) is 12.6. The number of fused-ring (bicyclic) bond motifs is 2. The van der Waals surface area contributed by atoms with Crippen LogP contribution in [0.15, 0.2) is 60.8 Å². The van der Waals surface area contributed by atoms with Crippen molar-refractivity contribution >= 4 is 52.0 Å². The molecule has 0 fully saturated rings. The van der Waals surface area contributed by atoms with E-state index in [1.165, 1.54) is 6.07 Å². The van der Waals surface area contributed by atoms with E-state index >= 15 is 0 Å². The van der Waals surface area contributed by atoms with Gasteiger partial charge in [0.2, 0.25) is 6.41 Å². The van der Waals surface area contributed by atoms with Crippen LogP contribution < -0.4 is 0 Å². The van der Waals surface area contributed by atoms with E-state index in [1.54, 1.807) is 32.2 Å². The largest absolute Gasteiger partial charge is 0.470 e. The fourth-order valence-electron chi connectivity index (χ4n) is 4.51. The van der Waals surface area contributed by atoms with Crippen LogP contribution in [0.3, 0.4) is 0 Å². The number of halogens is 3. The quantitative estimate of drug-likeness (QED) is 0.0880. The summed E-state index contributed by atoms with van der Waals surface area (Å²) in [6.07, 6.45) is 2.28. The lowest BCUT2D eigenvalue weighted by molar-refractivity contribution is -0.143. The standard InChI is InChI=1S/C29H27F3N2O6S/c1-18-11-12-25(22-8-6-9-23(27(18)22)28(37)34(17-35)40-41-29(30,31)32)33-16-20(21-7-4-5-10-24(21)33)15-26(36)39-14-13-19(2)38-3/h4-12,16-17,19H,13-15H2,1-3H3. The Bertz CT molecular complexity index is 1590. The van der Waals surface area contributed by atoms with Crippen molar-refractivity contribution in [2.75, 3.05) is 13.7 Å². The third-order valence-corrected chi connectivity index (χ3v) is 6.97. The smallest absolute Gasteiger partial charge is 0.465 e. The Morgan fingerprint density at radius 2 is 1.80 bits per heavy atom. The predicted molar refractivity (Wildman–Crippen MR) is 148 cm³/mol. The number of imide groups is 1. The summed E-state index contributed by atoms with van der Waals surface area (Å²) in [5, 5.41) is 1.89. The monoisotopic (exact) mass is 588 g/mol. The van der Waals surface area contributed by atoms with Crippen molar-refractivity contribution in [3.8, 4) is 5.69 Å². The Labute approximate surface area is 238 Å². The molecule has 4 aromatic rings. The molecular formula is C29H27F3N2O6S. The number of amides is 2. The van der Waals surface area contributed by atoms with Crippen molar-refractivity contribution in [3.05, 3.63) is 77.5 Å². The molecule has 3 aromatic carbocycles. The average Bonchev–Trinajstić information content (AvgIpc) is 3.30. The Hall–Kier alpha value is -3.87. The lowest BCUT2D eigenvalue weighted by atomic mass is 9.98. The van der Waals surface area contributed by atoms with Crippen molar-refractivity contribution in [3.63, 3.8) is 0 Å². The van der Waals surface area contributed by atoms with Gasteiger partial charge in [-0.2, -0.15) is 17.5 Å². The van der Waals surface area contributed by atoms with Crippen LogP contribution in [0, 0.1) is 6.92 Å². The van der Waals surface area contributed by atoms with E-state index in [0.717, 1.165) is 16.5 Å². The molecule has 0 bridgehead atoms. The first-order chi connectivity index (χ1) is 19.5. The van der Waals surface area contributed by atoms with E-state index < -0.39 is 23.5 Å². The van der Waals surface area contributed by atoms with Crippen LogP contribution in [0.2, 0.25) is 0 Å². The Morgan fingerprint density at radius 3 is 2.51 bits per heavy atom. The van der Waals surface area contributed by atoms with Gasteiger partial charge in [-0.25, -0.2) is 0 Å². The van der Waals surface area contributed by atoms with Gasteiger partial charge in [0.1, 0.15) is 12.0 Å². The van der Waals surface area contributed by atoms with Gasteiger partial charge in [-0.3, -0.25) is 14.4 Å². The highest BCUT2D eigenvalue weighted by molar-refractivity contribution is 7.95. The maximum absolute atomic E-state index is 13.1. The third-order valence-electron chi connectivity index (χ3n) is 6.54. The van der Waals surface area contributed by atoms with E-state index in [4.69, 9.17) is 9.47 Å². The summed E-state index contributed by atoms with van der Waals surface area (Å²) in [7, 11) is 1.59. The highest BCUT2D eigenvalue weighted by Crippen LogP contribution is 2.35. The molecule has 1 unspecified atom stereocenters. The zero-order valence-electron chi connectivity index (χ0n) is 22.4. The fourth-order valence-corrected chi connectivity index (χ4v) is 4.78. The third kappa shape index (κ3) is 6.89. The normalized spacial score (nSPS) is 12.4. The number of rotatable bonds is 11. The summed E-state index contributed by atoms with van der Waals surface area (Å²) >= 11 is -0.959. The zero-order valence-corrected chi connectivity index (χ0v) is 23.3. The maximum Gasteiger partial charge on any atom is 0.470 e. The van der Waals surface area contributed by atoms with Gasteiger partial charge in [-0.05, 0) is 48.6 Å². The summed E-state index contributed by atoms with van der Waals surface area (Å²) in [6.45, 7) is 3.87. The van der Waals surface area contributed by atoms with Gasteiger partial charge in [0.25, 0.3) is 5.91 Å². The van der Waals surface area contributed by atoms with E-state index in [-0.39, 0.29) is 42.1 Å². The number of methoxy groups -OCH3 is 1. The Kier molecular flexibility index (Phi) is 9.36. The van der Waals surface area contributed by atoms with Crippen molar-refractivity contribution in [2.24, 2.45) is 0 Å². The van der Waals surface area contributed by atoms with Crippen molar-refractivity contribution < 1.29 is 41.3 Å². The molecule has 1 aromatic heterocycles. The number of hydroxylamine groups is 2. The minimum Gasteiger partial charge on any atom is -0.465 e. The van der Waals surface area contributed by atoms with Crippen LogP contribution in [0.5, 0.6) is 0 Å². The Morgan fingerprint density at radius 1 is 1.07 bits per heavy atom. The van der Waals surface area contributed by atoms with E-state index in [1.807, 2.05) is 48.0 Å². The maximum atomic E-state index is 13.1. The fraction of sp³-hybridized carbons (Fsp3) is 0.276. The molecule has 0 aliphatic rings. The van der Waals surface area contributed by atoms with Crippen LogP contribution in [0.1, 0.15) is 34.8 Å². The van der Waals surface area contributed by atoms with E-state index in [9.17, 15) is 27.6 Å². The van der Waals surface area contributed by atoms with Gasteiger partial charge in [0.15, 0.2) is 0 Å². The molecule has 0 saturated heterocycles. The number of carbonyl (C=O) groups is 3. The first kappa shape index (κ1) is 30.1. The average molecular weight is 589 g/mol. The lowest BCUT2D eigenvalue weighted by Crippen LogP contribution is -2.29. The first-order valence-corrected chi connectivity index (χ1v) is 13.3. The molecule has 0 aliphatic heterocycles. The molecule has 0 radical (unpaired) electrons. The minimum atomic E-state index is -4.81. The number of benzene rings is 3. The summed E-state index contributed by atoms with van der Waals surface area (Å²) in [6, 6.07) is 15.9. The summed E-state index contributed by atoms with van der Waals surface area (Å²) < 4.78 is 54.8.